The van der Waals surface area contributed by atoms with Crippen molar-refractivity contribution in [3.05, 3.63) is 59.9 Å². The first-order valence-corrected chi connectivity index (χ1v) is 6.68. The number of phenolic OH excluding ortho intramolecular Hbond substituents is 1. The van der Waals surface area contributed by atoms with Gasteiger partial charge in [0, 0.05) is 18.4 Å². The lowest BCUT2D eigenvalue weighted by molar-refractivity contribution is 0.472. The predicted octanol–water partition coefficient (Wildman–Crippen LogP) is 2.55. The number of hydrogen-bond donors (Lipinski definition) is 2. The Morgan fingerprint density at radius 1 is 1.16 bits per heavy atom. The molecule has 100 valence electrons. The molecule has 1 aromatic carbocycles. The van der Waals surface area contributed by atoms with Crippen molar-refractivity contribution >= 4 is 0 Å². The minimum Gasteiger partial charge on any atom is -0.508 e. The number of phenols is 1. The molecule has 0 radical (unpaired) electrons. The maximum absolute atomic E-state index is 9.52. The smallest absolute Gasteiger partial charge is 0.115 e. The van der Waals surface area contributed by atoms with Gasteiger partial charge in [-0.3, -0.25) is 4.98 Å². The third-order valence-corrected chi connectivity index (χ3v) is 3.09. The molecule has 0 saturated carbocycles. The van der Waals surface area contributed by atoms with E-state index in [4.69, 9.17) is 0 Å². The molecule has 2 aromatic rings. The van der Waals surface area contributed by atoms with E-state index in [2.05, 4.69) is 23.3 Å². The van der Waals surface area contributed by atoms with Gasteiger partial charge in [0.2, 0.25) is 0 Å². The largest absolute Gasteiger partial charge is 0.508 e. The number of hydrogen-bond acceptors (Lipinski definition) is 3. The van der Waals surface area contributed by atoms with Gasteiger partial charge in [0.15, 0.2) is 0 Å². The Morgan fingerprint density at radius 2 is 1.95 bits per heavy atom. The van der Waals surface area contributed by atoms with Crippen molar-refractivity contribution in [2.24, 2.45) is 0 Å². The van der Waals surface area contributed by atoms with Crippen molar-refractivity contribution in [2.75, 3.05) is 6.54 Å². The normalized spacial score (nSPS) is 12.3. The Kier molecular flexibility index (Phi) is 4.93. The van der Waals surface area contributed by atoms with Gasteiger partial charge in [-0.2, -0.15) is 0 Å². The summed E-state index contributed by atoms with van der Waals surface area (Å²) in [7, 11) is 0. The summed E-state index contributed by atoms with van der Waals surface area (Å²) in [5.41, 5.74) is 2.38. The van der Waals surface area contributed by atoms with Crippen LogP contribution >= 0.6 is 0 Å². The Morgan fingerprint density at radius 3 is 2.63 bits per heavy atom. The van der Waals surface area contributed by atoms with E-state index in [1.54, 1.807) is 12.3 Å². The first kappa shape index (κ1) is 13.6. The quantitative estimate of drug-likeness (QED) is 0.835. The lowest BCUT2D eigenvalue weighted by Gasteiger charge is -2.18. The molecule has 0 amide bonds. The third kappa shape index (κ3) is 4.38. The monoisotopic (exact) mass is 256 g/mol. The molecule has 1 aromatic heterocycles. The van der Waals surface area contributed by atoms with Crippen LogP contribution < -0.4 is 5.32 Å². The molecule has 0 saturated heterocycles. The molecule has 1 unspecified atom stereocenters. The van der Waals surface area contributed by atoms with Gasteiger partial charge in [-0.05, 0) is 48.7 Å². The van der Waals surface area contributed by atoms with Gasteiger partial charge in [0.1, 0.15) is 5.75 Å². The summed E-state index contributed by atoms with van der Waals surface area (Å²) in [6, 6.07) is 11.9. The van der Waals surface area contributed by atoms with Crippen LogP contribution in [0.15, 0.2) is 48.8 Å². The van der Waals surface area contributed by atoms with Crippen LogP contribution in [0.1, 0.15) is 18.1 Å². The van der Waals surface area contributed by atoms with Crippen molar-refractivity contribution in [1.29, 1.82) is 0 Å². The van der Waals surface area contributed by atoms with Crippen molar-refractivity contribution in [3.63, 3.8) is 0 Å². The minimum atomic E-state index is 0.328. The number of aromatic nitrogens is 1. The number of aromatic hydroxyl groups is 1. The number of benzene rings is 1. The number of pyridine rings is 1. The summed E-state index contributed by atoms with van der Waals surface area (Å²) in [5.74, 6) is 0.328. The highest BCUT2D eigenvalue weighted by atomic mass is 16.3. The van der Waals surface area contributed by atoms with Gasteiger partial charge in [-0.25, -0.2) is 0 Å². The zero-order valence-electron chi connectivity index (χ0n) is 11.2. The molecule has 2 rings (SSSR count). The van der Waals surface area contributed by atoms with E-state index < -0.39 is 0 Å². The molecule has 3 heteroatoms. The van der Waals surface area contributed by atoms with Crippen LogP contribution in [0.25, 0.3) is 0 Å². The van der Waals surface area contributed by atoms with Gasteiger partial charge < -0.3 is 10.4 Å². The summed E-state index contributed by atoms with van der Waals surface area (Å²) < 4.78 is 0. The Labute approximate surface area is 114 Å². The van der Waals surface area contributed by atoms with Crippen LogP contribution in [-0.2, 0) is 12.8 Å². The van der Waals surface area contributed by atoms with Crippen molar-refractivity contribution < 1.29 is 5.11 Å². The molecule has 3 nitrogen and oxygen atoms in total. The topological polar surface area (TPSA) is 45.2 Å². The molecule has 2 N–H and O–H groups in total. The van der Waals surface area contributed by atoms with E-state index in [0.29, 0.717) is 11.8 Å². The number of likely N-dealkylation sites (N-methyl/N-ethyl adjacent to an activating group) is 1. The molecule has 1 atom stereocenters. The summed E-state index contributed by atoms with van der Waals surface area (Å²) in [5, 5.41) is 13.0. The SMILES string of the molecule is CCNC(Cc1cccnc1)Cc1cccc(O)c1. The maximum Gasteiger partial charge on any atom is 0.115 e. The highest BCUT2D eigenvalue weighted by Gasteiger charge is 2.10. The second-order valence-corrected chi connectivity index (χ2v) is 4.69. The summed E-state index contributed by atoms with van der Waals surface area (Å²) in [6.07, 6.45) is 5.54. The van der Waals surface area contributed by atoms with Gasteiger partial charge in [-0.1, -0.05) is 25.1 Å². The highest BCUT2D eigenvalue weighted by Crippen LogP contribution is 2.14. The molecular formula is C16H20N2O. The molecule has 19 heavy (non-hydrogen) atoms. The van der Waals surface area contributed by atoms with Crippen molar-refractivity contribution in [1.82, 2.24) is 10.3 Å². The fourth-order valence-electron chi connectivity index (χ4n) is 2.28. The molecular weight excluding hydrogens is 236 g/mol. The Hall–Kier alpha value is -1.87. The molecule has 0 aliphatic carbocycles. The van der Waals surface area contributed by atoms with Crippen LogP contribution in [0.4, 0.5) is 0 Å². The van der Waals surface area contributed by atoms with E-state index in [1.165, 1.54) is 5.56 Å². The van der Waals surface area contributed by atoms with E-state index in [1.807, 2.05) is 30.5 Å². The Balaban J connectivity index is 2.04. The molecule has 0 aliphatic rings. The second-order valence-electron chi connectivity index (χ2n) is 4.69. The van der Waals surface area contributed by atoms with Crippen LogP contribution in [0.3, 0.4) is 0 Å². The first-order valence-electron chi connectivity index (χ1n) is 6.68. The summed E-state index contributed by atoms with van der Waals surface area (Å²) >= 11 is 0. The zero-order valence-corrected chi connectivity index (χ0v) is 11.2. The van der Waals surface area contributed by atoms with Gasteiger partial charge in [0.25, 0.3) is 0 Å². The number of nitrogens with zero attached hydrogens (tertiary/aromatic N) is 1. The first-order chi connectivity index (χ1) is 9.28. The van der Waals surface area contributed by atoms with E-state index in [0.717, 1.165) is 24.9 Å². The number of rotatable bonds is 6. The van der Waals surface area contributed by atoms with E-state index in [-0.39, 0.29) is 0 Å². The van der Waals surface area contributed by atoms with E-state index in [9.17, 15) is 5.11 Å². The van der Waals surface area contributed by atoms with Gasteiger partial charge >= 0.3 is 0 Å². The molecule has 1 heterocycles. The van der Waals surface area contributed by atoms with Crippen LogP contribution in [-0.4, -0.2) is 22.7 Å². The van der Waals surface area contributed by atoms with Crippen LogP contribution in [0.2, 0.25) is 0 Å². The molecule has 0 aliphatic heterocycles. The maximum atomic E-state index is 9.52. The van der Waals surface area contributed by atoms with Crippen LogP contribution in [0.5, 0.6) is 5.75 Å². The fraction of sp³-hybridized carbons (Fsp3) is 0.312. The van der Waals surface area contributed by atoms with Crippen molar-refractivity contribution in [2.45, 2.75) is 25.8 Å². The standard InChI is InChI=1S/C16H20N2O/c1-2-18-15(10-14-6-4-8-17-12-14)9-13-5-3-7-16(19)11-13/h3-8,11-12,15,18-19H,2,9-10H2,1H3. The molecule has 0 bridgehead atoms. The second kappa shape index (κ2) is 6.90. The van der Waals surface area contributed by atoms with Crippen LogP contribution in [0, 0.1) is 0 Å². The van der Waals surface area contributed by atoms with E-state index >= 15 is 0 Å². The molecule has 0 fully saturated rings. The molecule has 0 spiro atoms. The predicted molar refractivity (Wildman–Crippen MR) is 77.2 cm³/mol. The zero-order chi connectivity index (χ0) is 13.5. The highest BCUT2D eigenvalue weighted by molar-refractivity contribution is 5.28. The minimum absolute atomic E-state index is 0.328. The number of nitrogens with one attached hydrogen (secondary N) is 1. The lowest BCUT2D eigenvalue weighted by atomic mass is 9.99. The summed E-state index contributed by atoms with van der Waals surface area (Å²) in [6.45, 7) is 3.04. The average molecular weight is 256 g/mol. The van der Waals surface area contributed by atoms with Crippen molar-refractivity contribution in [3.8, 4) is 5.75 Å². The van der Waals surface area contributed by atoms with Gasteiger partial charge in [0.05, 0.1) is 0 Å². The van der Waals surface area contributed by atoms with Gasteiger partial charge in [-0.15, -0.1) is 0 Å². The lowest BCUT2D eigenvalue weighted by Crippen LogP contribution is -2.33. The third-order valence-electron chi connectivity index (χ3n) is 3.09. The fourth-order valence-corrected chi connectivity index (χ4v) is 2.28. The average Bonchev–Trinajstić information content (AvgIpc) is 2.40. The summed E-state index contributed by atoms with van der Waals surface area (Å²) in [4.78, 5) is 4.15. The Bertz CT molecular complexity index is 499.